The van der Waals surface area contributed by atoms with Gasteiger partial charge in [0.15, 0.2) is 0 Å². The van der Waals surface area contributed by atoms with Crippen molar-refractivity contribution < 1.29 is 9.50 Å². The molecule has 0 atom stereocenters. The number of rotatable bonds is 3. The topological polar surface area (TPSA) is 23.5 Å². The van der Waals surface area contributed by atoms with Crippen LogP contribution in [-0.2, 0) is 6.42 Å². The van der Waals surface area contributed by atoms with E-state index in [2.05, 4.69) is 30.9 Å². The molecule has 0 unspecified atom stereocenters. The molecule has 0 aliphatic carbocycles. The van der Waals surface area contributed by atoms with Crippen LogP contribution >= 0.6 is 0 Å². The number of hydrogen-bond donors (Lipinski definition) is 1. The number of hydrogen-bond acceptors (Lipinski definition) is 2. The Bertz CT molecular complexity index is 494. The summed E-state index contributed by atoms with van der Waals surface area (Å²) in [6, 6.07) is 6.58. The number of fused-ring (bicyclic) bond motifs is 1. The third-order valence-electron chi connectivity index (χ3n) is 3.84. The van der Waals surface area contributed by atoms with Gasteiger partial charge in [0.1, 0.15) is 5.83 Å². The first-order valence-corrected chi connectivity index (χ1v) is 6.90. The Hall–Kier alpha value is -1.35. The quantitative estimate of drug-likeness (QED) is 0.901. The predicted molar refractivity (Wildman–Crippen MR) is 78.0 cm³/mol. The Morgan fingerprint density at radius 3 is 2.79 bits per heavy atom. The summed E-state index contributed by atoms with van der Waals surface area (Å²) >= 11 is 0. The largest absolute Gasteiger partial charge is 0.389 e. The molecule has 0 bridgehead atoms. The highest BCUT2D eigenvalue weighted by atomic mass is 19.1. The number of anilines is 1. The number of aliphatic hydroxyl groups excluding tert-OH is 1. The average Bonchev–Trinajstić information content (AvgIpc) is 2.44. The van der Waals surface area contributed by atoms with Crippen molar-refractivity contribution in [1.29, 1.82) is 0 Å². The first-order valence-electron chi connectivity index (χ1n) is 6.90. The number of aryl methyl sites for hydroxylation is 1. The molecule has 1 aliphatic heterocycles. The van der Waals surface area contributed by atoms with Gasteiger partial charge in [-0.1, -0.05) is 6.07 Å². The second-order valence-electron chi connectivity index (χ2n) is 5.42. The summed E-state index contributed by atoms with van der Waals surface area (Å²) in [6.07, 6.45) is 2.18. The van der Waals surface area contributed by atoms with E-state index in [9.17, 15) is 4.39 Å². The first kappa shape index (κ1) is 14.1. The molecule has 0 spiro atoms. The maximum atomic E-state index is 13.5. The van der Waals surface area contributed by atoms with Crippen LogP contribution in [0.25, 0.3) is 5.57 Å². The van der Waals surface area contributed by atoms with Crippen molar-refractivity contribution in [2.45, 2.75) is 39.7 Å². The van der Waals surface area contributed by atoms with E-state index in [0.717, 1.165) is 24.9 Å². The minimum Gasteiger partial charge on any atom is -0.389 e. The van der Waals surface area contributed by atoms with Gasteiger partial charge in [0.25, 0.3) is 0 Å². The van der Waals surface area contributed by atoms with E-state index in [0.29, 0.717) is 11.6 Å². The molecule has 1 N–H and O–H groups in total. The molecule has 0 aromatic heterocycles. The zero-order valence-electron chi connectivity index (χ0n) is 11.9. The van der Waals surface area contributed by atoms with Crippen molar-refractivity contribution in [3.8, 4) is 0 Å². The van der Waals surface area contributed by atoms with Gasteiger partial charge in [-0.15, -0.1) is 0 Å². The first-order chi connectivity index (χ1) is 9.04. The molecule has 1 aromatic carbocycles. The Labute approximate surface area is 114 Å². The van der Waals surface area contributed by atoms with Gasteiger partial charge >= 0.3 is 0 Å². The molecular weight excluding hydrogens is 241 g/mol. The smallest absolute Gasteiger partial charge is 0.129 e. The van der Waals surface area contributed by atoms with Gasteiger partial charge in [-0.05, 0) is 62.4 Å². The molecule has 1 heterocycles. The zero-order valence-corrected chi connectivity index (χ0v) is 11.9. The molecule has 1 aliphatic rings. The van der Waals surface area contributed by atoms with Crippen molar-refractivity contribution in [1.82, 2.24) is 0 Å². The zero-order chi connectivity index (χ0) is 14.0. The molecule has 2 nitrogen and oxygen atoms in total. The summed E-state index contributed by atoms with van der Waals surface area (Å²) in [5.74, 6) is -0.448. The lowest BCUT2D eigenvalue weighted by atomic mass is 9.95. The lowest BCUT2D eigenvalue weighted by molar-refractivity contribution is 0.299. The maximum Gasteiger partial charge on any atom is 0.129 e. The standard InChI is InChI=1S/C16H22FNO/c1-11(2)18-8-4-5-14-9-13(6-7-16(14)18)12(3)15(17)10-19/h6-7,9,11,19H,4-5,8,10H2,1-3H3/b15-12+. The van der Waals surface area contributed by atoms with Crippen molar-refractivity contribution in [2.75, 3.05) is 18.1 Å². The minimum atomic E-state index is -0.527. The normalized spacial score (nSPS) is 16.4. The highest BCUT2D eigenvalue weighted by Gasteiger charge is 2.19. The second kappa shape index (κ2) is 5.74. The predicted octanol–water partition coefficient (Wildman–Crippen LogP) is 3.54. The third kappa shape index (κ3) is 2.81. The van der Waals surface area contributed by atoms with Gasteiger partial charge in [-0.3, -0.25) is 0 Å². The van der Waals surface area contributed by atoms with Crippen LogP contribution in [0.4, 0.5) is 10.1 Å². The van der Waals surface area contributed by atoms with Crippen LogP contribution in [0.2, 0.25) is 0 Å². The van der Waals surface area contributed by atoms with E-state index in [1.54, 1.807) is 6.92 Å². The van der Waals surface area contributed by atoms with E-state index >= 15 is 0 Å². The summed E-state index contributed by atoms with van der Waals surface area (Å²) in [4.78, 5) is 2.39. The Morgan fingerprint density at radius 1 is 1.42 bits per heavy atom. The van der Waals surface area contributed by atoms with E-state index in [1.165, 1.54) is 11.3 Å². The number of benzene rings is 1. The highest BCUT2D eigenvalue weighted by molar-refractivity contribution is 5.70. The molecule has 0 radical (unpaired) electrons. The number of allylic oxidation sites excluding steroid dienone is 1. The van der Waals surface area contributed by atoms with Gasteiger partial charge in [0.05, 0.1) is 6.61 Å². The van der Waals surface area contributed by atoms with E-state index in [-0.39, 0.29) is 0 Å². The molecule has 0 saturated carbocycles. The van der Waals surface area contributed by atoms with Crippen LogP contribution in [0.1, 0.15) is 38.3 Å². The highest BCUT2D eigenvalue weighted by Crippen LogP contribution is 2.32. The molecule has 0 saturated heterocycles. The second-order valence-corrected chi connectivity index (χ2v) is 5.42. The molecule has 1 aromatic rings. The van der Waals surface area contributed by atoms with Crippen molar-refractivity contribution in [3.63, 3.8) is 0 Å². The lowest BCUT2D eigenvalue weighted by Crippen LogP contribution is -2.35. The molecular formula is C16H22FNO. The molecule has 104 valence electrons. The Morgan fingerprint density at radius 2 is 2.16 bits per heavy atom. The van der Waals surface area contributed by atoms with Crippen molar-refractivity contribution in [2.24, 2.45) is 0 Å². The summed E-state index contributed by atoms with van der Waals surface area (Å²) in [5, 5.41) is 8.88. The summed E-state index contributed by atoms with van der Waals surface area (Å²) in [6.45, 7) is 6.67. The summed E-state index contributed by atoms with van der Waals surface area (Å²) in [5.41, 5.74) is 3.95. The minimum absolute atomic E-state index is 0.448. The van der Waals surface area contributed by atoms with Crippen LogP contribution in [0, 0.1) is 0 Å². The van der Waals surface area contributed by atoms with Crippen LogP contribution < -0.4 is 4.90 Å². The number of aliphatic hydroxyl groups is 1. The van der Waals surface area contributed by atoms with Gasteiger partial charge in [-0.25, -0.2) is 4.39 Å². The van der Waals surface area contributed by atoms with Crippen molar-refractivity contribution >= 4 is 11.3 Å². The van der Waals surface area contributed by atoms with Gasteiger partial charge < -0.3 is 10.0 Å². The molecule has 19 heavy (non-hydrogen) atoms. The Balaban J connectivity index is 2.40. The fraction of sp³-hybridized carbons (Fsp3) is 0.500. The summed E-state index contributed by atoms with van der Waals surface area (Å²) in [7, 11) is 0. The van der Waals surface area contributed by atoms with Crippen molar-refractivity contribution in [3.05, 3.63) is 35.2 Å². The SMILES string of the molecule is C/C(=C(\F)CO)c1ccc2c(c1)CCCN2C(C)C. The molecule has 0 amide bonds. The fourth-order valence-corrected chi connectivity index (χ4v) is 2.67. The molecule has 2 rings (SSSR count). The van der Waals surface area contributed by atoms with Gasteiger partial charge in [-0.2, -0.15) is 0 Å². The van der Waals surface area contributed by atoms with Crippen LogP contribution in [0.3, 0.4) is 0 Å². The third-order valence-corrected chi connectivity index (χ3v) is 3.84. The van der Waals surface area contributed by atoms with Crippen LogP contribution in [0.5, 0.6) is 0 Å². The molecule has 3 heteroatoms. The van der Waals surface area contributed by atoms with Gasteiger partial charge in [0.2, 0.25) is 0 Å². The lowest BCUT2D eigenvalue weighted by Gasteiger charge is -2.35. The Kier molecular flexibility index (Phi) is 4.25. The average molecular weight is 263 g/mol. The summed E-state index contributed by atoms with van der Waals surface area (Å²) < 4.78 is 13.5. The van der Waals surface area contributed by atoms with E-state index in [4.69, 9.17) is 5.11 Å². The van der Waals surface area contributed by atoms with E-state index in [1.807, 2.05) is 6.07 Å². The number of halogens is 1. The number of nitrogens with zero attached hydrogens (tertiary/aromatic N) is 1. The van der Waals surface area contributed by atoms with Gasteiger partial charge in [0, 0.05) is 18.3 Å². The van der Waals surface area contributed by atoms with Crippen LogP contribution in [0.15, 0.2) is 24.0 Å². The molecule has 0 fully saturated rings. The van der Waals surface area contributed by atoms with Crippen LogP contribution in [-0.4, -0.2) is 24.3 Å². The monoisotopic (exact) mass is 263 g/mol. The fourth-order valence-electron chi connectivity index (χ4n) is 2.67. The maximum absolute atomic E-state index is 13.5. The van der Waals surface area contributed by atoms with E-state index < -0.39 is 12.4 Å².